The molecule has 0 aliphatic heterocycles. The van der Waals surface area contributed by atoms with Crippen molar-refractivity contribution in [2.45, 2.75) is 18.1 Å². The molecule has 1 amide bonds. The Morgan fingerprint density at radius 3 is 2.65 bits per heavy atom. The first-order valence-corrected chi connectivity index (χ1v) is 8.81. The zero-order chi connectivity index (χ0) is 16.7. The van der Waals surface area contributed by atoms with Gasteiger partial charge in [0.1, 0.15) is 5.75 Å². The summed E-state index contributed by atoms with van der Waals surface area (Å²) in [5.41, 5.74) is 0. The van der Waals surface area contributed by atoms with E-state index in [1.54, 1.807) is 12.1 Å². The van der Waals surface area contributed by atoms with Crippen LogP contribution in [-0.2, 0) is 21.1 Å². The highest BCUT2D eigenvalue weighted by Crippen LogP contribution is 2.08. The number of para-hydroxylation sites is 1. The Balaban J connectivity index is 1.65. The maximum atomic E-state index is 11.6. The SMILES string of the molecule is CS(=O)(=O)c1nnc(CCCNC(=O)COc2ccccc2)o1. The van der Waals surface area contributed by atoms with Gasteiger partial charge in [0.15, 0.2) is 6.61 Å². The molecule has 9 heteroatoms. The van der Waals surface area contributed by atoms with Crippen LogP contribution in [0.25, 0.3) is 0 Å². The molecule has 0 bridgehead atoms. The number of aromatic nitrogens is 2. The maximum absolute atomic E-state index is 11.6. The molecule has 1 heterocycles. The van der Waals surface area contributed by atoms with Crippen molar-refractivity contribution in [1.82, 2.24) is 15.5 Å². The first-order chi connectivity index (χ1) is 10.9. The highest BCUT2D eigenvalue weighted by atomic mass is 32.2. The van der Waals surface area contributed by atoms with Crippen LogP contribution in [0.5, 0.6) is 5.75 Å². The molecule has 0 spiro atoms. The van der Waals surface area contributed by atoms with E-state index in [9.17, 15) is 13.2 Å². The second-order valence-electron chi connectivity index (χ2n) is 4.79. The molecule has 8 nitrogen and oxygen atoms in total. The molecule has 1 aromatic carbocycles. The molecule has 0 aliphatic carbocycles. The van der Waals surface area contributed by atoms with Crippen LogP contribution in [0.2, 0.25) is 0 Å². The van der Waals surface area contributed by atoms with Crippen LogP contribution in [0.4, 0.5) is 0 Å². The number of ether oxygens (including phenoxy) is 1. The van der Waals surface area contributed by atoms with Crippen molar-refractivity contribution >= 4 is 15.7 Å². The van der Waals surface area contributed by atoms with Crippen LogP contribution in [0.1, 0.15) is 12.3 Å². The lowest BCUT2D eigenvalue weighted by Gasteiger charge is -2.06. The summed E-state index contributed by atoms with van der Waals surface area (Å²) >= 11 is 0. The number of benzene rings is 1. The number of amides is 1. The molecular formula is C14H17N3O5S. The number of hydrogen-bond acceptors (Lipinski definition) is 7. The van der Waals surface area contributed by atoms with Crippen LogP contribution >= 0.6 is 0 Å². The lowest BCUT2D eigenvalue weighted by Crippen LogP contribution is -2.29. The quantitative estimate of drug-likeness (QED) is 0.701. The summed E-state index contributed by atoms with van der Waals surface area (Å²) in [6, 6.07) is 9.04. The first-order valence-electron chi connectivity index (χ1n) is 6.92. The van der Waals surface area contributed by atoms with E-state index in [1.165, 1.54) is 0 Å². The van der Waals surface area contributed by atoms with Crippen molar-refractivity contribution in [3.63, 3.8) is 0 Å². The van der Waals surface area contributed by atoms with Crippen molar-refractivity contribution in [3.8, 4) is 5.75 Å². The molecular weight excluding hydrogens is 322 g/mol. The molecule has 0 saturated carbocycles. The Morgan fingerprint density at radius 1 is 1.26 bits per heavy atom. The summed E-state index contributed by atoms with van der Waals surface area (Å²) < 4.78 is 32.7. The molecule has 0 aliphatic rings. The lowest BCUT2D eigenvalue weighted by atomic mass is 10.3. The summed E-state index contributed by atoms with van der Waals surface area (Å²) in [5.74, 6) is 0.609. The second-order valence-corrected chi connectivity index (χ2v) is 6.68. The number of aryl methyl sites for hydroxylation is 1. The highest BCUT2D eigenvalue weighted by Gasteiger charge is 2.16. The second kappa shape index (κ2) is 7.73. The van der Waals surface area contributed by atoms with Gasteiger partial charge in [-0.3, -0.25) is 4.79 Å². The number of nitrogens with zero attached hydrogens (tertiary/aromatic N) is 2. The first kappa shape index (κ1) is 16.9. The van der Waals surface area contributed by atoms with Crippen LogP contribution in [0, 0.1) is 0 Å². The minimum Gasteiger partial charge on any atom is -0.484 e. The van der Waals surface area contributed by atoms with Crippen molar-refractivity contribution in [1.29, 1.82) is 0 Å². The maximum Gasteiger partial charge on any atom is 0.335 e. The molecule has 1 N–H and O–H groups in total. The van der Waals surface area contributed by atoms with E-state index >= 15 is 0 Å². The van der Waals surface area contributed by atoms with E-state index in [0.29, 0.717) is 25.1 Å². The number of sulfone groups is 1. The van der Waals surface area contributed by atoms with Gasteiger partial charge in [0, 0.05) is 19.2 Å². The van der Waals surface area contributed by atoms with Gasteiger partial charge in [-0.2, -0.15) is 0 Å². The van der Waals surface area contributed by atoms with Crippen LogP contribution in [0.3, 0.4) is 0 Å². The molecule has 0 radical (unpaired) electrons. The fraction of sp³-hybridized carbons (Fsp3) is 0.357. The van der Waals surface area contributed by atoms with Crippen LogP contribution in [-0.4, -0.2) is 43.9 Å². The van der Waals surface area contributed by atoms with Gasteiger partial charge in [-0.25, -0.2) is 8.42 Å². The van der Waals surface area contributed by atoms with Gasteiger partial charge < -0.3 is 14.5 Å². The van der Waals surface area contributed by atoms with Gasteiger partial charge in [0.25, 0.3) is 5.91 Å². The summed E-state index contributed by atoms with van der Waals surface area (Å²) in [6.07, 6.45) is 1.92. The van der Waals surface area contributed by atoms with Gasteiger partial charge in [-0.05, 0) is 18.6 Å². The summed E-state index contributed by atoms with van der Waals surface area (Å²) in [6.45, 7) is 0.330. The van der Waals surface area contributed by atoms with E-state index in [-0.39, 0.29) is 18.4 Å². The van der Waals surface area contributed by atoms with Gasteiger partial charge >= 0.3 is 5.22 Å². The molecule has 2 rings (SSSR count). The third-order valence-electron chi connectivity index (χ3n) is 2.77. The standard InChI is InChI=1S/C14H17N3O5S/c1-23(19,20)14-17-16-13(22-14)8-5-9-15-12(18)10-21-11-6-3-2-4-7-11/h2-4,6-7H,5,8-10H2,1H3,(H,15,18). The Morgan fingerprint density at radius 2 is 2.00 bits per heavy atom. The summed E-state index contributed by atoms with van der Waals surface area (Å²) in [5, 5.41) is 9.39. The molecule has 2 aromatic rings. The Labute approximate surface area is 133 Å². The minimum atomic E-state index is -3.49. The average Bonchev–Trinajstić information content (AvgIpc) is 3.00. The fourth-order valence-corrected chi connectivity index (χ4v) is 2.11. The van der Waals surface area contributed by atoms with E-state index in [2.05, 4.69) is 15.5 Å². The Bertz CT molecular complexity index is 743. The predicted molar refractivity (Wildman–Crippen MR) is 80.7 cm³/mol. The van der Waals surface area contributed by atoms with Crippen molar-refractivity contribution < 1.29 is 22.4 Å². The third-order valence-corrected chi connectivity index (χ3v) is 3.57. The topological polar surface area (TPSA) is 111 Å². The Kier molecular flexibility index (Phi) is 5.69. The van der Waals surface area contributed by atoms with Crippen molar-refractivity contribution in [2.24, 2.45) is 0 Å². The van der Waals surface area contributed by atoms with E-state index in [1.807, 2.05) is 18.2 Å². The van der Waals surface area contributed by atoms with E-state index in [4.69, 9.17) is 9.15 Å². The molecule has 0 atom stereocenters. The minimum absolute atomic E-state index is 0.0667. The summed E-state index contributed by atoms with van der Waals surface area (Å²) in [7, 11) is -3.49. The van der Waals surface area contributed by atoms with Crippen molar-refractivity contribution in [3.05, 3.63) is 36.2 Å². The monoisotopic (exact) mass is 339 g/mol. The number of hydrogen-bond donors (Lipinski definition) is 1. The zero-order valence-electron chi connectivity index (χ0n) is 12.6. The predicted octanol–water partition coefficient (Wildman–Crippen LogP) is 0.601. The number of carbonyl (C=O) groups excluding carboxylic acids is 1. The zero-order valence-corrected chi connectivity index (χ0v) is 13.4. The van der Waals surface area contributed by atoms with E-state index in [0.717, 1.165) is 6.26 Å². The van der Waals surface area contributed by atoms with Crippen LogP contribution < -0.4 is 10.1 Å². The largest absolute Gasteiger partial charge is 0.484 e. The normalized spacial score (nSPS) is 11.2. The highest BCUT2D eigenvalue weighted by molar-refractivity contribution is 7.90. The van der Waals surface area contributed by atoms with Gasteiger partial charge in [-0.15, -0.1) is 5.10 Å². The van der Waals surface area contributed by atoms with Gasteiger partial charge in [0.05, 0.1) is 0 Å². The fourth-order valence-electron chi connectivity index (χ4n) is 1.67. The molecule has 1 aromatic heterocycles. The third kappa shape index (κ3) is 5.70. The smallest absolute Gasteiger partial charge is 0.335 e. The number of rotatable bonds is 8. The lowest BCUT2D eigenvalue weighted by molar-refractivity contribution is -0.123. The molecule has 0 unspecified atom stereocenters. The molecule has 23 heavy (non-hydrogen) atoms. The Hall–Kier alpha value is -2.42. The molecule has 0 fully saturated rings. The summed E-state index contributed by atoms with van der Waals surface area (Å²) in [4.78, 5) is 11.6. The molecule has 0 saturated heterocycles. The average molecular weight is 339 g/mol. The van der Waals surface area contributed by atoms with Gasteiger partial charge in [0.2, 0.25) is 15.7 Å². The number of carbonyl (C=O) groups is 1. The molecule has 124 valence electrons. The number of nitrogens with one attached hydrogen (secondary N) is 1. The van der Waals surface area contributed by atoms with Crippen molar-refractivity contribution in [2.75, 3.05) is 19.4 Å². The van der Waals surface area contributed by atoms with Crippen LogP contribution in [0.15, 0.2) is 40.0 Å². The van der Waals surface area contributed by atoms with Gasteiger partial charge in [-0.1, -0.05) is 23.3 Å². The van der Waals surface area contributed by atoms with E-state index < -0.39 is 15.1 Å².